The summed E-state index contributed by atoms with van der Waals surface area (Å²) in [6, 6.07) is 4.51. The van der Waals surface area contributed by atoms with Gasteiger partial charge in [0.05, 0.1) is 0 Å². The number of amides is 1. The fourth-order valence-corrected chi connectivity index (χ4v) is 3.37. The van der Waals surface area contributed by atoms with Crippen molar-refractivity contribution in [3.63, 3.8) is 0 Å². The smallest absolute Gasteiger partial charge is 0.241 e. The normalized spacial score (nSPS) is 25.5. The molecule has 0 bridgehead atoms. The summed E-state index contributed by atoms with van der Waals surface area (Å²) in [5.74, 6) is 1.04. The maximum Gasteiger partial charge on any atom is 0.241 e. The fourth-order valence-electron chi connectivity index (χ4n) is 3.37. The van der Waals surface area contributed by atoms with E-state index < -0.39 is 0 Å². The second-order valence-corrected chi connectivity index (χ2v) is 6.42. The molecular weight excluding hydrogens is 292 g/mol. The van der Waals surface area contributed by atoms with Gasteiger partial charge in [0, 0.05) is 31.4 Å². The Morgan fingerprint density at radius 2 is 2.22 bits per heavy atom. The van der Waals surface area contributed by atoms with Crippen molar-refractivity contribution in [2.24, 2.45) is 0 Å². The topological polar surface area (TPSA) is 82.2 Å². The minimum absolute atomic E-state index is 0.0731. The van der Waals surface area contributed by atoms with E-state index in [0.29, 0.717) is 12.1 Å². The molecule has 7 nitrogen and oxygen atoms in total. The van der Waals surface area contributed by atoms with E-state index in [1.165, 1.54) is 0 Å². The Kier molecular flexibility index (Phi) is 5.40. The summed E-state index contributed by atoms with van der Waals surface area (Å²) in [6.07, 6.45) is 6.70. The van der Waals surface area contributed by atoms with Crippen molar-refractivity contribution < 1.29 is 4.79 Å². The predicted octanol–water partition coefficient (Wildman–Crippen LogP) is 0.915. The summed E-state index contributed by atoms with van der Waals surface area (Å²) in [4.78, 5) is 14.6. The second-order valence-electron chi connectivity index (χ2n) is 6.42. The van der Waals surface area contributed by atoms with Gasteiger partial charge in [-0.05, 0) is 37.8 Å². The number of aromatic nitrogens is 2. The molecular formula is C16H26N6O. The van der Waals surface area contributed by atoms with E-state index in [1.54, 1.807) is 6.20 Å². The molecule has 1 aromatic heterocycles. The van der Waals surface area contributed by atoms with Gasteiger partial charge >= 0.3 is 0 Å². The fraction of sp³-hybridized carbons (Fsp3) is 0.688. The van der Waals surface area contributed by atoms with E-state index in [0.717, 1.165) is 51.0 Å². The van der Waals surface area contributed by atoms with Gasteiger partial charge in [-0.15, -0.1) is 5.10 Å². The molecule has 3 rings (SSSR count). The average molecular weight is 318 g/mol. The van der Waals surface area contributed by atoms with E-state index in [-0.39, 0.29) is 11.9 Å². The third kappa shape index (κ3) is 4.17. The summed E-state index contributed by atoms with van der Waals surface area (Å²) in [5, 5.41) is 11.3. The van der Waals surface area contributed by atoms with Gasteiger partial charge in [-0.25, -0.2) is 5.43 Å². The molecule has 2 aliphatic rings. The van der Waals surface area contributed by atoms with Crippen LogP contribution in [0.3, 0.4) is 0 Å². The van der Waals surface area contributed by atoms with Crippen LogP contribution in [-0.4, -0.2) is 52.2 Å². The molecule has 0 radical (unpaired) electrons. The number of hydrazine groups is 1. The quantitative estimate of drug-likeness (QED) is 0.749. The number of anilines is 1. The van der Waals surface area contributed by atoms with Crippen molar-refractivity contribution in [3.05, 3.63) is 18.3 Å². The third-order valence-corrected chi connectivity index (χ3v) is 4.65. The van der Waals surface area contributed by atoms with Gasteiger partial charge in [0.25, 0.3) is 0 Å². The first-order chi connectivity index (χ1) is 11.3. The number of carbonyl (C=O) groups is 1. The number of likely N-dealkylation sites (tertiary alicyclic amines) is 1. The Bertz CT molecular complexity index is 503. The van der Waals surface area contributed by atoms with Crippen molar-refractivity contribution >= 4 is 11.7 Å². The van der Waals surface area contributed by atoms with Crippen molar-refractivity contribution in [2.45, 2.75) is 57.2 Å². The molecule has 2 fully saturated rings. The summed E-state index contributed by atoms with van der Waals surface area (Å²) < 4.78 is 0. The summed E-state index contributed by atoms with van der Waals surface area (Å²) in [6.45, 7) is 3.77. The van der Waals surface area contributed by atoms with Crippen LogP contribution in [0.5, 0.6) is 0 Å². The Morgan fingerprint density at radius 3 is 2.91 bits per heavy atom. The van der Waals surface area contributed by atoms with Crippen LogP contribution in [0.2, 0.25) is 0 Å². The van der Waals surface area contributed by atoms with Crippen LogP contribution in [0.1, 0.15) is 39.0 Å². The zero-order valence-corrected chi connectivity index (χ0v) is 13.7. The lowest BCUT2D eigenvalue weighted by Crippen LogP contribution is -2.50. The highest BCUT2D eigenvalue weighted by atomic mass is 16.2. The van der Waals surface area contributed by atoms with Gasteiger partial charge < -0.3 is 10.2 Å². The van der Waals surface area contributed by atoms with E-state index in [2.05, 4.69) is 33.3 Å². The number of rotatable bonds is 5. The Labute approximate surface area is 137 Å². The predicted molar refractivity (Wildman–Crippen MR) is 88.6 cm³/mol. The molecule has 1 aromatic rings. The van der Waals surface area contributed by atoms with Crippen molar-refractivity contribution in [1.29, 1.82) is 0 Å². The zero-order chi connectivity index (χ0) is 16.1. The monoisotopic (exact) mass is 318 g/mol. The standard InChI is InChI=1S/C16H26N6O/c1-2-4-13-11-14(20-19-13)16(23)22-9-6-12(7-10-22)18-15-5-3-8-17-21-15/h3,5,8,12-14,19-20H,2,4,6-7,9-11H2,1H3,(H,18,21). The highest BCUT2D eigenvalue weighted by Crippen LogP contribution is 2.18. The first-order valence-electron chi connectivity index (χ1n) is 8.60. The zero-order valence-electron chi connectivity index (χ0n) is 13.7. The van der Waals surface area contributed by atoms with Crippen LogP contribution in [0.25, 0.3) is 0 Å². The molecule has 0 spiro atoms. The molecule has 3 heterocycles. The van der Waals surface area contributed by atoms with Crippen molar-refractivity contribution in [1.82, 2.24) is 25.9 Å². The minimum atomic E-state index is -0.0731. The number of piperidine rings is 1. The van der Waals surface area contributed by atoms with Crippen LogP contribution < -0.4 is 16.2 Å². The molecule has 7 heteroatoms. The lowest BCUT2D eigenvalue weighted by atomic mass is 10.0. The van der Waals surface area contributed by atoms with Crippen LogP contribution in [0.15, 0.2) is 18.3 Å². The average Bonchev–Trinajstić information content (AvgIpc) is 3.05. The molecule has 3 N–H and O–H groups in total. The Hall–Kier alpha value is -1.73. The van der Waals surface area contributed by atoms with Crippen molar-refractivity contribution in [2.75, 3.05) is 18.4 Å². The number of hydrogen-bond acceptors (Lipinski definition) is 6. The number of hydrogen-bond donors (Lipinski definition) is 3. The van der Waals surface area contributed by atoms with Gasteiger partial charge in [-0.3, -0.25) is 10.2 Å². The number of carbonyl (C=O) groups excluding carboxylic acids is 1. The molecule has 0 aliphatic carbocycles. The molecule has 0 saturated carbocycles. The summed E-state index contributed by atoms with van der Waals surface area (Å²) >= 11 is 0. The molecule has 2 atom stereocenters. The van der Waals surface area contributed by atoms with E-state index in [9.17, 15) is 4.79 Å². The van der Waals surface area contributed by atoms with Gasteiger partial charge in [0.15, 0.2) is 0 Å². The van der Waals surface area contributed by atoms with Gasteiger partial charge in [0.1, 0.15) is 11.9 Å². The molecule has 1 amide bonds. The summed E-state index contributed by atoms with van der Waals surface area (Å²) in [5.41, 5.74) is 6.41. The molecule has 23 heavy (non-hydrogen) atoms. The third-order valence-electron chi connectivity index (χ3n) is 4.65. The lowest BCUT2D eigenvalue weighted by Gasteiger charge is -2.33. The largest absolute Gasteiger partial charge is 0.366 e. The Morgan fingerprint density at radius 1 is 1.39 bits per heavy atom. The van der Waals surface area contributed by atoms with Gasteiger partial charge in [0.2, 0.25) is 5.91 Å². The maximum atomic E-state index is 12.6. The number of nitrogens with one attached hydrogen (secondary N) is 3. The lowest BCUT2D eigenvalue weighted by molar-refractivity contribution is -0.134. The molecule has 2 saturated heterocycles. The molecule has 2 unspecified atom stereocenters. The molecule has 2 aliphatic heterocycles. The van der Waals surface area contributed by atoms with E-state index >= 15 is 0 Å². The first kappa shape index (κ1) is 16.1. The van der Waals surface area contributed by atoms with Crippen molar-refractivity contribution in [3.8, 4) is 0 Å². The first-order valence-corrected chi connectivity index (χ1v) is 8.60. The SMILES string of the molecule is CCCC1CC(C(=O)N2CCC(Nc3cccnn3)CC2)NN1. The highest BCUT2D eigenvalue weighted by Gasteiger charge is 2.33. The molecule has 126 valence electrons. The van der Waals surface area contributed by atoms with Crippen LogP contribution in [0.4, 0.5) is 5.82 Å². The minimum Gasteiger partial charge on any atom is -0.366 e. The van der Waals surface area contributed by atoms with E-state index in [1.807, 2.05) is 17.0 Å². The highest BCUT2D eigenvalue weighted by molar-refractivity contribution is 5.82. The van der Waals surface area contributed by atoms with Crippen LogP contribution in [0, 0.1) is 0 Å². The van der Waals surface area contributed by atoms with Gasteiger partial charge in [-0.2, -0.15) is 5.10 Å². The van der Waals surface area contributed by atoms with E-state index in [4.69, 9.17) is 0 Å². The Balaban J connectivity index is 1.44. The van der Waals surface area contributed by atoms with Crippen LogP contribution in [-0.2, 0) is 4.79 Å². The van der Waals surface area contributed by atoms with Gasteiger partial charge in [-0.1, -0.05) is 13.3 Å². The number of nitrogens with zero attached hydrogens (tertiary/aromatic N) is 3. The maximum absolute atomic E-state index is 12.6. The molecule has 0 aromatic carbocycles. The summed E-state index contributed by atoms with van der Waals surface area (Å²) in [7, 11) is 0. The second kappa shape index (κ2) is 7.70. The van der Waals surface area contributed by atoms with Crippen LogP contribution >= 0.6 is 0 Å².